The number of carbonyl (C=O) groups is 1. The summed E-state index contributed by atoms with van der Waals surface area (Å²) in [5, 5.41) is 12.1. The third-order valence-electron chi connectivity index (χ3n) is 6.38. The molecule has 2 atom stereocenters. The number of amides is 1. The Bertz CT molecular complexity index is 999. The van der Waals surface area contributed by atoms with Crippen LogP contribution in [0.3, 0.4) is 0 Å². The summed E-state index contributed by atoms with van der Waals surface area (Å²) < 4.78 is 40.1. The zero-order valence-electron chi connectivity index (χ0n) is 17.1. The Labute approximate surface area is 182 Å². The van der Waals surface area contributed by atoms with Gasteiger partial charge in [-0.15, -0.1) is 11.3 Å². The molecule has 2 aliphatic heterocycles. The van der Waals surface area contributed by atoms with Gasteiger partial charge in [0.1, 0.15) is 0 Å². The molecule has 2 unspecified atom stereocenters. The van der Waals surface area contributed by atoms with E-state index in [2.05, 4.69) is 22.2 Å². The van der Waals surface area contributed by atoms with Crippen LogP contribution in [0.2, 0.25) is 0 Å². The molecular formula is C22H23F3N4OS. The smallest absolute Gasteiger partial charge is 0.302 e. The number of rotatable bonds is 5. The molecule has 5 nitrogen and oxygen atoms in total. The maximum absolute atomic E-state index is 13.4. The number of aromatic nitrogens is 1. The highest BCUT2D eigenvalue weighted by Crippen LogP contribution is 2.39. The quantitative estimate of drug-likeness (QED) is 0.712. The zero-order chi connectivity index (χ0) is 22.2. The average Bonchev–Trinajstić information content (AvgIpc) is 3.20. The fraction of sp³-hybridized carbons (Fsp3) is 0.500. The van der Waals surface area contributed by atoms with Crippen LogP contribution in [0, 0.1) is 17.2 Å². The Morgan fingerprint density at radius 1 is 1.32 bits per heavy atom. The lowest BCUT2D eigenvalue weighted by molar-refractivity contribution is -0.138. The van der Waals surface area contributed by atoms with Gasteiger partial charge in [-0.3, -0.25) is 4.79 Å². The predicted molar refractivity (Wildman–Crippen MR) is 112 cm³/mol. The Hall–Kier alpha value is -2.44. The first-order valence-electron chi connectivity index (χ1n) is 10.3. The number of hydrogen-bond donors (Lipinski definition) is 1. The van der Waals surface area contributed by atoms with Gasteiger partial charge in [0.05, 0.1) is 17.2 Å². The lowest BCUT2D eigenvalue weighted by Gasteiger charge is -2.36. The maximum Gasteiger partial charge on any atom is 0.416 e. The third kappa shape index (κ3) is 4.91. The van der Waals surface area contributed by atoms with Crippen molar-refractivity contribution < 1.29 is 18.0 Å². The van der Waals surface area contributed by atoms with Crippen LogP contribution in [0.4, 0.5) is 18.3 Å². The third-order valence-corrected chi connectivity index (χ3v) is 7.29. The van der Waals surface area contributed by atoms with Gasteiger partial charge in [-0.25, -0.2) is 4.98 Å². The number of nitriles is 1. The number of piperidine rings is 1. The molecule has 0 aliphatic carbocycles. The number of carbonyl (C=O) groups excluding carboxylic acids is 1. The highest BCUT2D eigenvalue weighted by Gasteiger charge is 2.39. The number of halogens is 3. The molecule has 1 N–H and O–H groups in total. The normalized spacial score (nSPS) is 23.5. The second-order valence-electron chi connectivity index (χ2n) is 8.43. The first-order valence-corrected chi connectivity index (χ1v) is 11.1. The van der Waals surface area contributed by atoms with Crippen LogP contribution < -0.4 is 5.32 Å². The van der Waals surface area contributed by atoms with Gasteiger partial charge in [-0.05, 0) is 56.3 Å². The van der Waals surface area contributed by atoms with Crippen LogP contribution >= 0.6 is 11.3 Å². The van der Waals surface area contributed by atoms with E-state index in [9.17, 15) is 18.0 Å². The molecule has 1 aromatic carbocycles. The van der Waals surface area contributed by atoms with E-state index in [1.165, 1.54) is 42.5 Å². The van der Waals surface area contributed by atoms with Crippen molar-refractivity contribution in [3.63, 3.8) is 0 Å². The minimum atomic E-state index is -4.54. The van der Waals surface area contributed by atoms with Crippen molar-refractivity contribution in [2.24, 2.45) is 5.92 Å². The molecular weight excluding hydrogens is 425 g/mol. The van der Waals surface area contributed by atoms with Crippen LogP contribution in [-0.4, -0.2) is 34.9 Å². The Morgan fingerprint density at radius 2 is 2.03 bits per heavy atom. The molecule has 4 rings (SSSR count). The number of thiazole rings is 1. The van der Waals surface area contributed by atoms with Gasteiger partial charge < -0.3 is 10.2 Å². The van der Waals surface area contributed by atoms with Crippen molar-refractivity contribution in [1.82, 2.24) is 9.88 Å². The molecule has 2 aromatic rings. The Kier molecular flexibility index (Phi) is 6.04. The highest BCUT2D eigenvalue weighted by molar-refractivity contribution is 7.15. The largest absolute Gasteiger partial charge is 0.416 e. The monoisotopic (exact) mass is 448 g/mol. The van der Waals surface area contributed by atoms with Gasteiger partial charge in [-0.1, -0.05) is 6.07 Å². The van der Waals surface area contributed by atoms with E-state index in [1.54, 1.807) is 6.07 Å². The molecule has 1 aromatic heterocycles. The standard InChI is InChI=1S/C22H23F3N4OS/c1-29-16-4-5-17(29)7-14(6-16)9-20(30)28-21-27-12-18(31-21)10-15-3-2-13(11-26)8-19(15)22(23,24)25/h2-3,8,12,14,16-17H,4-7,9-10H2,1H3,(H,27,28,30). The summed E-state index contributed by atoms with van der Waals surface area (Å²) in [6.07, 6.45) is 1.89. The minimum Gasteiger partial charge on any atom is -0.302 e. The van der Waals surface area contributed by atoms with Gasteiger partial charge >= 0.3 is 6.18 Å². The Morgan fingerprint density at radius 3 is 2.68 bits per heavy atom. The van der Waals surface area contributed by atoms with Gasteiger partial charge in [-0.2, -0.15) is 18.4 Å². The highest BCUT2D eigenvalue weighted by atomic mass is 32.1. The molecule has 31 heavy (non-hydrogen) atoms. The first kappa shape index (κ1) is 21.8. The fourth-order valence-corrected chi connectivity index (χ4v) is 5.67. The van der Waals surface area contributed by atoms with Gasteiger partial charge in [0, 0.05) is 36.0 Å². The summed E-state index contributed by atoms with van der Waals surface area (Å²) >= 11 is 1.18. The van der Waals surface area contributed by atoms with Crippen LogP contribution in [0.25, 0.3) is 0 Å². The summed E-state index contributed by atoms with van der Waals surface area (Å²) in [5.41, 5.74) is -0.770. The SMILES string of the molecule is CN1C2CCC1CC(CC(=O)Nc1ncc(Cc3ccc(C#N)cc3C(F)(F)F)s1)C2. The van der Waals surface area contributed by atoms with Crippen molar-refractivity contribution in [2.75, 3.05) is 12.4 Å². The van der Waals surface area contributed by atoms with E-state index in [0.29, 0.717) is 34.4 Å². The molecule has 2 bridgehead atoms. The summed E-state index contributed by atoms with van der Waals surface area (Å²) in [4.78, 5) is 19.7. The number of fused-ring (bicyclic) bond motifs is 2. The number of alkyl halides is 3. The van der Waals surface area contributed by atoms with Gasteiger partial charge in [0.15, 0.2) is 5.13 Å². The van der Waals surface area contributed by atoms with E-state index in [0.717, 1.165) is 18.9 Å². The molecule has 2 aliphatic rings. The van der Waals surface area contributed by atoms with E-state index >= 15 is 0 Å². The number of anilines is 1. The molecule has 0 spiro atoms. The summed E-state index contributed by atoms with van der Waals surface area (Å²) in [5.74, 6) is 0.269. The van der Waals surface area contributed by atoms with Crippen LogP contribution in [0.5, 0.6) is 0 Å². The molecule has 9 heteroatoms. The Balaban J connectivity index is 1.38. The number of hydrogen-bond acceptors (Lipinski definition) is 5. The second-order valence-corrected chi connectivity index (χ2v) is 9.55. The molecule has 0 saturated carbocycles. The summed E-state index contributed by atoms with van der Waals surface area (Å²) in [6, 6.07) is 6.45. The summed E-state index contributed by atoms with van der Waals surface area (Å²) in [6.45, 7) is 0. The molecule has 0 radical (unpaired) electrons. The van der Waals surface area contributed by atoms with Crippen molar-refractivity contribution in [3.8, 4) is 6.07 Å². The van der Waals surface area contributed by atoms with Crippen molar-refractivity contribution in [1.29, 1.82) is 5.26 Å². The van der Waals surface area contributed by atoms with Gasteiger partial charge in [0.2, 0.25) is 5.91 Å². The molecule has 164 valence electrons. The van der Waals surface area contributed by atoms with E-state index in [-0.39, 0.29) is 23.5 Å². The number of nitrogens with one attached hydrogen (secondary N) is 1. The fourth-order valence-electron chi connectivity index (χ4n) is 4.82. The van der Waals surface area contributed by atoms with Crippen LogP contribution in [0.1, 0.15) is 53.7 Å². The van der Waals surface area contributed by atoms with E-state index in [4.69, 9.17) is 5.26 Å². The number of nitrogens with zero attached hydrogens (tertiary/aromatic N) is 3. The first-order chi connectivity index (χ1) is 14.7. The topological polar surface area (TPSA) is 69.0 Å². The maximum atomic E-state index is 13.4. The zero-order valence-corrected chi connectivity index (χ0v) is 17.9. The molecule has 3 heterocycles. The van der Waals surface area contributed by atoms with Crippen LogP contribution in [-0.2, 0) is 17.4 Å². The van der Waals surface area contributed by atoms with E-state index < -0.39 is 11.7 Å². The minimum absolute atomic E-state index is 0.0318. The van der Waals surface area contributed by atoms with Crippen molar-refractivity contribution in [2.45, 2.75) is 56.8 Å². The van der Waals surface area contributed by atoms with Crippen molar-refractivity contribution >= 4 is 22.4 Å². The molecule has 2 saturated heterocycles. The number of benzene rings is 1. The second kappa shape index (κ2) is 8.60. The summed E-state index contributed by atoms with van der Waals surface area (Å²) in [7, 11) is 2.16. The lowest BCUT2D eigenvalue weighted by Crippen LogP contribution is -2.40. The van der Waals surface area contributed by atoms with E-state index in [1.807, 2.05) is 0 Å². The molecule has 1 amide bonds. The average molecular weight is 449 g/mol. The molecule has 2 fully saturated rings. The lowest BCUT2D eigenvalue weighted by atomic mass is 9.88. The van der Waals surface area contributed by atoms with Crippen molar-refractivity contribution in [3.05, 3.63) is 46.0 Å². The predicted octanol–water partition coefficient (Wildman–Crippen LogP) is 4.83. The van der Waals surface area contributed by atoms with Crippen LogP contribution in [0.15, 0.2) is 24.4 Å². The van der Waals surface area contributed by atoms with Gasteiger partial charge in [0.25, 0.3) is 0 Å².